The summed E-state index contributed by atoms with van der Waals surface area (Å²) < 4.78 is 0. The number of alkyl halides is 1. The fraction of sp³-hybridized carbons (Fsp3) is 0.154. The first-order valence-corrected chi connectivity index (χ1v) is 6.17. The fourth-order valence-corrected chi connectivity index (χ4v) is 1.88. The molecule has 0 bridgehead atoms. The first-order valence-electron chi connectivity index (χ1n) is 5.25. The highest BCUT2D eigenvalue weighted by Gasteiger charge is 2.17. The van der Waals surface area contributed by atoms with Gasteiger partial charge in [0.15, 0.2) is 0 Å². The van der Waals surface area contributed by atoms with Gasteiger partial charge in [0.1, 0.15) is 5.78 Å². The highest BCUT2D eigenvalue weighted by atomic mass is 79.9. The van der Waals surface area contributed by atoms with Gasteiger partial charge >= 0.3 is 11.9 Å². The lowest BCUT2D eigenvalue weighted by molar-refractivity contribution is -0.131. The van der Waals surface area contributed by atoms with Crippen LogP contribution in [0.25, 0.3) is 6.08 Å². The van der Waals surface area contributed by atoms with E-state index in [1.165, 1.54) is 31.2 Å². The van der Waals surface area contributed by atoms with Gasteiger partial charge in [0, 0.05) is 6.08 Å². The minimum Gasteiger partial charge on any atom is -0.478 e. The van der Waals surface area contributed by atoms with E-state index in [9.17, 15) is 14.4 Å². The van der Waals surface area contributed by atoms with Gasteiger partial charge in [-0.1, -0.05) is 22.0 Å². The van der Waals surface area contributed by atoms with E-state index >= 15 is 0 Å². The summed E-state index contributed by atoms with van der Waals surface area (Å²) in [5.41, 5.74) is 0.923. The van der Waals surface area contributed by atoms with Crippen molar-refractivity contribution in [3.05, 3.63) is 41.0 Å². The van der Waals surface area contributed by atoms with Gasteiger partial charge in [-0.15, -0.1) is 0 Å². The fourth-order valence-electron chi connectivity index (χ4n) is 1.46. The molecule has 1 rings (SSSR count). The number of hydrogen-bond acceptors (Lipinski definition) is 3. The normalized spacial score (nSPS) is 12.3. The average molecular weight is 327 g/mol. The van der Waals surface area contributed by atoms with E-state index < -0.39 is 16.8 Å². The van der Waals surface area contributed by atoms with Crippen molar-refractivity contribution < 1.29 is 24.6 Å². The molecule has 1 aromatic carbocycles. The predicted octanol–water partition coefficient (Wildman–Crippen LogP) is 2.51. The molecule has 2 N–H and O–H groups in total. The molecular formula is C13H11BrO5. The van der Waals surface area contributed by atoms with Crippen LogP contribution in [0.15, 0.2) is 24.3 Å². The number of carboxylic acid groups (broad SMARTS) is 2. The summed E-state index contributed by atoms with van der Waals surface area (Å²) in [7, 11) is 0. The number of ketones is 1. The molecule has 6 heteroatoms. The molecule has 1 aromatic rings. The van der Waals surface area contributed by atoms with Crippen LogP contribution in [0.5, 0.6) is 0 Å². The van der Waals surface area contributed by atoms with Gasteiger partial charge in [0.05, 0.1) is 10.4 Å². The number of hydrogen-bond donors (Lipinski definition) is 2. The zero-order valence-electron chi connectivity index (χ0n) is 9.96. The smallest absolute Gasteiger partial charge is 0.335 e. The van der Waals surface area contributed by atoms with E-state index in [4.69, 9.17) is 10.2 Å². The third-order valence-electron chi connectivity index (χ3n) is 2.37. The van der Waals surface area contributed by atoms with Crippen molar-refractivity contribution >= 4 is 39.7 Å². The Labute approximate surface area is 117 Å². The third-order valence-corrected chi connectivity index (χ3v) is 3.51. The Balaban J connectivity index is 3.33. The van der Waals surface area contributed by atoms with Gasteiger partial charge in [-0.2, -0.15) is 0 Å². The van der Waals surface area contributed by atoms with E-state index in [2.05, 4.69) is 15.9 Å². The van der Waals surface area contributed by atoms with Gasteiger partial charge in [0.2, 0.25) is 0 Å². The van der Waals surface area contributed by atoms with E-state index in [-0.39, 0.29) is 11.3 Å². The molecule has 0 aliphatic carbocycles. The summed E-state index contributed by atoms with van der Waals surface area (Å²) in [6, 6.07) is 4.19. The molecule has 0 saturated heterocycles. The van der Waals surface area contributed by atoms with Crippen molar-refractivity contribution in [2.75, 3.05) is 0 Å². The molecule has 5 nitrogen and oxygen atoms in total. The second kappa shape index (κ2) is 6.29. The highest BCUT2D eigenvalue weighted by molar-refractivity contribution is 9.09. The summed E-state index contributed by atoms with van der Waals surface area (Å²) >= 11 is 3.19. The number of aromatic carboxylic acids is 1. The van der Waals surface area contributed by atoms with Gasteiger partial charge in [-0.25, -0.2) is 9.59 Å². The minimum atomic E-state index is -1.15. The van der Waals surface area contributed by atoms with Crippen molar-refractivity contribution in [2.24, 2.45) is 0 Å². The zero-order chi connectivity index (χ0) is 14.6. The van der Waals surface area contributed by atoms with Crippen molar-refractivity contribution in [3.63, 3.8) is 0 Å². The molecule has 19 heavy (non-hydrogen) atoms. The maximum Gasteiger partial charge on any atom is 0.335 e. The van der Waals surface area contributed by atoms with Crippen molar-refractivity contribution in [1.82, 2.24) is 0 Å². The molecule has 0 aromatic heterocycles. The van der Waals surface area contributed by atoms with E-state index in [0.29, 0.717) is 11.1 Å². The number of halogens is 1. The Kier molecular flexibility index (Phi) is 5.00. The molecule has 0 saturated carbocycles. The van der Waals surface area contributed by atoms with Crippen LogP contribution < -0.4 is 0 Å². The van der Waals surface area contributed by atoms with Gasteiger partial charge < -0.3 is 10.2 Å². The molecule has 0 radical (unpaired) electrons. The first-order chi connectivity index (χ1) is 8.82. The average Bonchev–Trinajstić information content (AvgIpc) is 2.34. The SMILES string of the molecule is CC(=O)C(Br)c1ccc(C(=O)O)cc1C=CC(=O)O. The second-order valence-corrected chi connectivity index (χ2v) is 4.71. The Morgan fingerprint density at radius 2 is 1.89 bits per heavy atom. The van der Waals surface area contributed by atoms with Crippen LogP contribution in [0.2, 0.25) is 0 Å². The van der Waals surface area contributed by atoms with Gasteiger partial charge in [0.25, 0.3) is 0 Å². The molecule has 0 heterocycles. The van der Waals surface area contributed by atoms with Crippen LogP contribution in [0.3, 0.4) is 0 Å². The Morgan fingerprint density at radius 1 is 1.26 bits per heavy atom. The molecule has 0 aliphatic rings. The molecule has 0 amide bonds. The van der Waals surface area contributed by atoms with Crippen molar-refractivity contribution in [3.8, 4) is 0 Å². The quantitative estimate of drug-likeness (QED) is 0.640. The second-order valence-electron chi connectivity index (χ2n) is 3.79. The van der Waals surface area contributed by atoms with Gasteiger partial charge in [-0.3, -0.25) is 4.79 Å². The number of benzene rings is 1. The monoisotopic (exact) mass is 326 g/mol. The van der Waals surface area contributed by atoms with Crippen molar-refractivity contribution in [2.45, 2.75) is 11.8 Å². The van der Waals surface area contributed by atoms with Crippen LogP contribution >= 0.6 is 15.9 Å². The number of aliphatic carboxylic acids is 1. The summed E-state index contributed by atoms with van der Waals surface area (Å²) in [5, 5.41) is 17.5. The van der Waals surface area contributed by atoms with Crippen LogP contribution in [0.1, 0.15) is 33.2 Å². The summed E-state index contributed by atoms with van der Waals surface area (Å²) in [4.78, 5) is 32.2. The van der Waals surface area contributed by atoms with Crippen LogP contribution in [0, 0.1) is 0 Å². The maximum atomic E-state index is 11.3. The van der Waals surface area contributed by atoms with E-state index in [1.54, 1.807) is 0 Å². The van der Waals surface area contributed by atoms with Crippen LogP contribution in [-0.2, 0) is 9.59 Å². The largest absolute Gasteiger partial charge is 0.478 e. The number of carbonyl (C=O) groups excluding carboxylic acids is 1. The summed E-state index contributed by atoms with van der Waals surface area (Å²) in [6.07, 6.45) is 2.16. The molecule has 1 atom stereocenters. The molecule has 100 valence electrons. The number of Topliss-reactive ketones (excluding diaryl/α,β-unsaturated/α-hetero) is 1. The molecule has 0 aliphatic heterocycles. The zero-order valence-corrected chi connectivity index (χ0v) is 11.5. The lowest BCUT2D eigenvalue weighted by Crippen LogP contribution is -2.05. The number of carbonyl (C=O) groups is 3. The highest BCUT2D eigenvalue weighted by Crippen LogP contribution is 2.28. The van der Waals surface area contributed by atoms with E-state index in [0.717, 1.165) is 6.08 Å². The lowest BCUT2D eigenvalue weighted by Gasteiger charge is -2.11. The third kappa shape index (κ3) is 4.03. The standard InChI is InChI=1S/C13H11BrO5/c1-7(15)12(14)10-4-2-9(13(18)19)6-8(10)3-5-11(16)17/h2-6,12H,1H3,(H,16,17)(H,18,19). The lowest BCUT2D eigenvalue weighted by atomic mass is 9.99. The van der Waals surface area contributed by atoms with E-state index in [1.807, 2.05) is 0 Å². The number of rotatable bonds is 5. The van der Waals surface area contributed by atoms with Crippen molar-refractivity contribution in [1.29, 1.82) is 0 Å². The molecule has 0 spiro atoms. The minimum absolute atomic E-state index is 0.0250. The Bertz CT molecular complexity index is 562. The van der Waals surface area contributed by atoms with Crippen LogP contribution in [0.4, 0.5) is 0 Å². The summed E-state index contributed by atoms with van der Waals surface area (Å²) in [6.45, 7) is 1.38. The Hall–Kier alpha value is -1.95. The van der Waals surface area contributed by atoms with Gasteiger partial charge in [-0.05, 0) is 36.3 Å². The predicted molar refractivity (Wildman–Crippen MR) is 72.4 cm³/mol. The maximum absolute atomic E-state index is 11.3. The first kappa shape index (κ1) is 15.1. The topological polar surface area (TPSA) is 91.7 Å². The summed E-state index contributed by atoms with van der Waals surface area (Å²) in [5.74, 6) is -2.43. The molecule has 0 fully saturated rings. The molecule has 1 unspecified atom stereocenters. The molecular weight excluding hydrogens is 316 g/mol. The van der Waals surface area contributed by atoms with Crippen LogP contribution in [-0.4, -0.2) is 27.9 Å². The Morgan fingerprint density at radius 3 is 2.37 bits per heavy atom. The number of carboxylic acids is 2.